The highest BCUT2D eigenvalue weighted by atomic mass is 16.5. The molecule has 3 aromatic rings. The molecule has 3 aromatic heterocycles. The van der Waals surface area contributed by atoms with Gasteiger partial charge in [-0.1, -0.05) is 0 Å². The molecule has 0 aromatic carbocycles. The van der Waals surface area contributed by atoms with Crippen molar-refractivity contribution in [1.82, 2.24) is 34.8 Å². The molecule has 148 valence electrons. The number of hydrogen-bond donors (Lipinski definition) is 2. The summed E-state index contributed by atoms with van der Waals surface area (Å²) < 4.78 is 7.06. The third-order valence-corrected chi connectivity index (χ3v) is 5.45. The summed E-state index contributed by atoms with van der Waals surface area (Å²) in [4.78, 5) is 23.1. The number of ether oxygens (including phenoxy) is 1. The number of anilines is 1. The molecule has 1 aliphatic rings. The van der Waals surface area contributed by atoms with Crippen LogP contribution >= 0.6 is 0 Å². The van der Waals surface area contributed by atoms with Crippen LogP contribution in [0.5, 0.6) is 0 Å². The number of aromatic nitrogens is 6. The van der Waals surface area contributed by atoms with Crippen LogP contribution in [0.2, 0.25) is 0 Å². The molecule has 1 saturated heterocycles. The Bertz CT molecular complexity index is 981. The van der Waals surface area contributed by atoms with Crippen molar-refractivity contribution in [3.63, 3.8) is 0 Å². The van der Waals surface area contributed by atoms with Crippen molar-refractivity contribution in [2.75, 3.05) is 32.1 Å². The summed E-state index contributed by atoms with van der Waals surface area (Å²) in [5.74, 6) is 0.931. The number of methoxy groups -OCH3 is 1. The van der Waals surface area contributed by atoms with Gasteiger partial charge in [0.05, 0.1) is 30.4 Å². The van der Waals surface area contributed by atoms with Crippen molar-refractivity contribution in [2.24, 2.45) is 13.0 Å². The molecule has 0 saturated carbocycles. The van der Waals surface area contributed by atoms with Crippen LogP contribution in [0.4, 0.5) is 5.82 Å². The molecule has 0 radical (unpaired) electrons. The lowest BCUT2D eigenvalue weighted by atomic mass is 9.94. The van der Waals surface area contributed by atoms with Gasteiger partial charge >= 0.3 is 0 Å². The Labute approximate surface area is 162 Å². The molecule has 0 spiro atoms. The maximum absolute atomic E-state index is 12.7. The SMILES string of the molecule is COCCN1C(=O)C[C@@H](CNc2ncnc3[nH]ncc23)[C@@H]1c1cnn(C)c1C. The zero-order valence-corrected chi connectivity index (χ0v) is 16.2. The summed E-state index contributed by atoms with van der Waals surface area (Å²) in [5, 5.41) is 15.5. The standard InChI is InChI=1S/C18H24N8O2/c1-11-13(9-23-25(11)2)16-12(6-15(27)26(16)4-5-28-3)7-19-17-14-8-22-24-18(14)21-10-20-17/h8-10,12,16H,4-7H2,1-3H3,(H2,19,20,21,22,24)/t12-,16+/m0/s1. The van der Waals surface area contributed by atoms with Gasteiger partial charge in [-0.15, -0.1) is 0 Å². The van der Waals surface area contributed by atoms with Crippen molar-refractivity contribution in [3.05, 3.63) is 30.0 Å². The molecule has 4 rings (SSSR count). The normalized spacial score (nSPS) is 19.7. The summed E-state index contributed by atoms with van der Waals surface area (Å²) in [6.45, 7) is 3.70. The fourth-order valence-electron chi connectivity index (χ4n) is 3.86. The van der Waals surface area contributed by atoms with Gasteiger partial charge in [0.15, 0.2) is 5.65 Å². The number of aryl methyl sites for hydroxylation is 1. The Morgan fingerprint density at radius 3 is 2.96 bits per heavy atom. The number of fused-ring (bicyclic) bond motifs is 1. The van der Waals surface area contributed by atoms with Crippen LogP contribution in [0, 0.1) is 12.8 Å². The smallest absolute Gasteiger partial charge is 0.223 e. The lowest BCUT2D eigenvalue weighted by Crippen LogP contribution is -2.33. The topological polar surface area (TPSA) is 114 Å². The van der Waals surface area contributed by atoms with E-state index in [1.165, 1.54) is 6.33 Å². The molecule has 10 heteroatoms. The molecule has 10 nitrogen and oxygen atoms in total. The second kappa shape index (κ2) is 7.55. The largest absolute Gasteiger partial charge is 0.383 e. The molecule has 2 atom stereocenters. The number of amides is 1. The molecule has 2 N–H and O–H groups in total. The Kier molecular flexibility index (Phi) is 4.95. The Morgan fingerprint density at radius 1 is 1.36 bits per heavy atom. The average Bonchev–Trinajstić information content (AvgIpc) is 3.37. The van der Waals surface area contributed by atoms with Gasteiger partial charge in [0.2, 0.25) is 5.91 Å². The first-order valence-corrected chi connectivity index (χ1v) is 9.25. The molecule has 0 aliphatic carbocycles. The van der Waals surface area contributed by atoms with E-state index in [4.69, 9.17) is 4.74 Å². The summed E-state index contributed by atoms with van der Waals surface area (Å²) in [7, 11) is 3.56. The molecule has 1 fully saturated rings. The van der Waals surface area contributed by atoms with E-state index in [2.05, 4.69) is 30.6 Å². The van der Waals surface area contributed by atoms with E-state index in [0.717, 1.165) is 16.6 Å². The molecular formula is C18H24N8O2. The minimum Gasteiger partial charge on any atom is -0.383 e. The van der Waals surface area contributed by atoms with Gasteiger partial charge in [-0.2, -0.15) is 10.2 Å². The number of carbonyl (C=O) groups excluding carboxylic acids is 1. The maximum atomic E-state index is 12.7. The summed E-state index contributed by atoms with van der Waals surface area (Å²) in [6, 6.07) is -0.0504. The van der Waals surface area contributed by atoms with Crippen molar-refractivity contribution >= 4 is 22.8 Å². The minimum absolute atomic E-state index is 0.0504. The number of nitrogens with zero attached hydrogens (tertiary/aromatic N) is 6. The van der Waals surface area contributed by atoms with E-state index in [9.17, 15) is 4.79 Å². The van der Waals surface area contributed by atoms with Crippen LogP contribution in [0.3, 0.4) is 0 Å². The molecule has 1 aliphatic heterocycles. The molecular weight excluding hydrogens is 360 g/mol. The molecule has 28 heavy (non-hydrogen) atoms. The summed E-state index contributed by atoms with van der Waals surface area (Å²) in [5.41, 5.74) is 2.82. The van der Waals surface area contributed by atoms with Crippen molar-refractivity contribution in [3.8, 4) is 0 Å². The van der Waals surface area contributed by atoms with Crippen molar-refractivity contribution in [2.45, 2.75) is 19.4 Å². The second-order valence-corrected chi connectivity index (χ2v) is 7.03. The monoisotopic (exact) mass is 384 g/mol. The quantitative estimate of drug-likeness (QED) is 0.626. The highest BCUT2D eigenvalue weighted by Gasteiger charge is 2.41. The Hall–Kier alpha value is -3.01. The third kappa shape index (κ3) is 3.19. The Balaban J connectivity index is 1.59. The molecule has 1 amide bonds. The summed E-state index contributed by atoms with van der Waals surface area (Å²) in [6.07, 6.45) is 5.53. The molecule has 4 heterocycles. The van der Waals surface area contributed by atoms with E-state index in [-0.39, 0.29) is 17.9 Å². The lowest BCUT2D eigenvalue weighted by molar-refractivity contribution is -0.129. The Morgan fingerprint density at radius 2 is 2.21 bits per heavy atom. The third-order valence-electron chi connectivity index (χ3n) is 5.45. The van der Waals surface area contributed by atoms with Crippen molar-refractivity contribution in [1.29, 1.82) is 0 Å². The minimum atomic E-state index is -0.0504. The molecule has 0 unspecified atom stereocenters. The van der Waals surface area contributed by atoms with Gasteiger partial charge in [-0.05, 0) is 6.92 Å². The number of nitrogens with one attached hydrogen (secondary N) is 2. The van der Waals surface area contributed by atoms with Crippen molar-refractivity contribution < 1.29 is 9.53 Å². The zero-order valence-electron chi connectivity index (χ0n) is 16.2. The first-order chi connectivity index (χ1) is 13.6. The molecule has 0 bridgehead atoms. The fraction of sp³-hybridized carbons (Fsp3) is 0.500. The van der Waals surface area contributed by atoms with Crippen LogP contribution in [-0.2, 0) is 16.6 Å². The van der Waals surface area contributed by atoms with E-state index < -0.39 is 0 Å². The van der Waals surface area contributed by atoms with Gasteiger partial charge in [0, 0.05) is 50.8 Å². The van der Waals surface area contributed by atoms with Gasteiger partial charge in [-0.3, -0.25) is 14.6 Å². The zero-order chi connectivity index (χ0) is 19.7. The van der Waals surface area contributed by atoms with Gasteiger partial charge < -0.3 is 15.0 Å². The highest BCUT2D eigenvalue weighted by Crippen LogP contribution is 2.39. The van der Waals surface area contributed by atoms with Crippen LogP contribution in [0.15, 0.2) is 18.7 Å². The van der Waals surface area contributed by atoms with Crippen LogP contribution in [-0.4, -0.2) is 67.6 Å². The number of aromatic amines is 1. The number of carbonyl (C=O) groups is 1. The predicted molar refractivity (Wildman–Crippen MR) is 103 cm³/mol. The van der Waals surface area contributed by atoms with E-state index in [0.29, 0.717) is 37.6 Å². The van der Waals surface area contributed by atoms with Crippen LogP contribution < -0.4 is 5.32 Å². The van der Waals surface area contributed by atoms with Gasteiger partial charge in [0.25, 0.3) is 0 Å². The lowest BCUT2D eigenvalue weighted by Gasteiger charge is -2.28. The van der Waals surface area contributed by atoms with Crippen LogP contribution in [0.25, 0.3) is 11.0 Å². The van der Waals surface area contributed by atoms with Gasteiger partial charge in [0.1, 0.15) is 12.1 Å². The maximum Gasteiger partial charge on any atom is 0.223 e. The highest BCUT2D eigenvalue weighted by molar-refractivity contribution is 5.85. The number of H-pyrrole nitrogens is 1. The number of hydrogen-bond acceptors (Lipinski definition) is 7. The second-order valence-electron chi connectivity index (χ2n) is 7.03. The summed E-state index contributed by atoms with van der Waals surface area (Å²) >= 11 is 0. The van der Waals surface area contributed by atoms with Gasteiger partial charge in [-0.25, -0.2) is 9.97 Å². The fourth-order valence-corrected chi connectivity index (χ4v) is 3.86. The van der Waals surface area contributed by atoms with E-state index in [1.807, 2.05) is 29.7 Å². The number of rotatable bonds is 7. The van der Waals surface area contributed by atoms with E-state index in [1.54, 1.807) is 13.3 Å². The van der Waals surface area contributed by atoms with E-state index >= 15 is 0 Å². The van der Waals surface area contributed by atoms with Crippen LogP contribution in [0.1, 0.15) is 23.7 Å². The average molecular weight is 384 g/mol. The number of likely N-dealkylation sites (tertiary alicyclic amines) is 1. The first kappa shape index (κ1) is 18.4. The predicted octanol–water partition coefficient (Wildman–Crippen LogP) is 1.04. The first-order valence-electron chi connectivity index (χ1n) is 9.25.